The Balaban J connectivity index is 2.26. The highest BCUT2D eigenvalue weighted by atomic mass is 79.9. The van der Waals surface area contributed by atoms with Gasteiger partial charge in [-0.1, -0.05) is 12.1 Å². The maximum atomic E-state index is 12.5. The van der Waals surface area contributed by atoms with Crippen LogP contribution < -0.4 is 14.2 Å². The highest BCUT2D eigenvalue weighted by Crippen LogP contribution is 2.31. The summed E-state index contributed by atoms with van der Waals surface area (Å²) >= 11 is 3.47. The smallest absolute Gasteiger partial charge is 0.167 e. The van der Waals surface area contributed by atoms with Crippen LogP contribution in [-0.4, -0.2) is 27.1 Å². The van der Waals surface area contributed by atoms with Crippen LogP contribution >= 0.6 is 15.9 Å². The van der Waals surface area contributed by atoms with Crippen molar-refractivity contribution in [3.05, 3.63) is 52.0 Å². The fraction of sp³-hybridized carbons (Fsp3) is 0.235. The maximum absolute atomic E-state index is 12.5. The van der Waals surface area contributed by atoms with Crippen LogP contribution in [0.1, 0.15) is 15.9 Å². The van der Waals surface area contributed by atoms with Crippen LogP contribution in [0.2, 0.25) is 0 Å². The summed E-state index contributed by atoms with van der Waals surface area (Å²) < 4.78 is 16.5. The van der Waals surface area contributed by atoms with Gasteiger partial charge in [-0.15, -0.1) is 0 Å². The second-order valence-electron chi connectivity index (χ2n) is 4.60. The van der Waals surface area contributed by atoms with Gasteiger partial charge in [0, 0.05) is 12.0 Å². The lowest BCUT2D eigenvalue weighted by Crippen LogP contribution is -2.05. The van der Waals surface area contributed by atoms with Crippen molar-refractivity contribution in [1.29, 1.82) is 0 Å². The van der Waals surface area contributed by atoms with E-state index in [0.29, 0.717) is 22.8 Å². The van der Waals surface area contributed by atoms with Crippen LogP contribution in [0.4, 0.5) is 0 Å². The molecule has 0 radical (unpaired) electrons. The summed E-state index contributed by atoms with van der Waals surface area (Å²) in [6.07, 6.45) is 0.271. The van der Waals surface area contributed by atoms with Gasteiger partial charge in [0.05, 0.1) is 25.8 Å². The lowest BCUT2D eigenvalue weighted by Gasteiger charge is -2.10. The first kappa shape index (κ1) is 16.4. The lowest BCUT2D eigenvalue weighted by atomic mass is 10.0. The molecule has 0 aliphatic rings. The van der Waals surface area contributed by atoms with E-state index in [2.05, 4.69) is 15.9 Å². The molecule has 0 unspecified atom stereocenters. The van der Waals surface area contributed by atoms with Gasteiger partial charge >= 0.3 is 0 Å². The Morgan fingerprint density at radius 2 is 1.64 bits per heavy atom. The molecule has 116 valence electrons. The fourth-order valence-electron chi connectivity index (χ4n) is 2.14. The summed E-state index contributed by atoms with van der Waals surface area (Å²) in [7, 11) is 4.71. The van der Waals surface area contributed by atoms with Crippen LogP contribution in [0.15, 0.2) is 40.9 Å². The fourth-order valence-corrected chi connectivity index (χ4v) is 2.70. The molecule has 0 atom stereocenters. The van der Waals surface area contributed by atoms with Gasteiger partial charge < -0.3 is 14.2 Å². The molecule has 0 saturated carbocycles. The largest absolute Gasteiger partial charge is 0.496 e. The number of ether oxygens (including phenoxy) is 3. The van der Waals surface area contributed by atoms with E-state index in [1.165, 1.54) is 0 Å². The van der Waals surface area contributed by atoms with Crippen molar-refractivity contribution in [2.75, 3.05) is 21.3 Å². The molecule has 0 heterocycles. The van der Waals surface area contributed by atoms with E-state index in [1.807, 2.05) is 18.2 Å². The number of methoxy groups -OCH3 is 3. The molecule has 4 nitrogen and oxygen atoms in total. The predicted molar refractivity (Wildman–Crippen MR) is 88.3 cm³/mol. The van der Waals surface area contributed by atoms with E-state index in [0.717, 1.165) is 10.0 Å². The third kappa shape index (κ3) is 3.42. The van der Waals surface area contributed by atoms with Crippen LogP contribution in [0.5, 0.6) is 17.2 Å². The first-order valence-electron chi connectivity index (χ1n) is 6.67. The van der Waals surface area contributed by atoms with Crippen LogP contribution in [0.3, 0.4) is 0 Å². The zero-order valence-electron chi connectivity index (χ0n) is 12.7. The average Bonchev–Trinajstić information content (AvgIpc) is 2.55. The molecule has 2 rings (SSSR count). The van der Waals surface area contributed by atoms with Crippen LogP contribution in [0.25, 0.3) is 0 Å². The second-order valence-corrected chi connectivity index (χ2v) is 5.40. The van der Waals surface area contributed by atoms with Gasteiger partial charge in [-0.05, 0) is 45.8 Å². The molecule has 2 aromatic rings. The number of carbonyl (C=O) groups excluding carboxylic acids is 1. The van der Waals surface area contributed by atoms with Crippen LogP contribution in [0, 0.1) is 0 Å². The molecule has 5 heteroatoms. The zero-order valence-corrected chi connectivity index (χ0v) is 14.3. The summed E-state index contributed by atoms with van der Waals surface area (Å²) in [6.45, 7) is 0. The number of Topliss-reactive ketones (excluding diaryl/α,β-unsaturated/α-hetero) is 1. The topological polar surface area (TPSA) is 44.8 Å². The number of hydrogen-bond acceptors (Lipinski definition) is 4. The normalized spacial score (nSPS) is 10.2. The Bertz CT molecular complexity index is 682. The van der Waals surface area contributed by atoms with Crippen molar-refractivity contribution in [2.45, 2.75) is 6.42 Å². The molecule has 0 amide bonds. The minimum atomic E-state index is -0.00472. The van der Waals surface area contributed by atoms with E-state index in [4.69, 9.17) is 14.2 Å². The Kier molecular flexibility index (Phi) is 5.44. The summed E-state index contributed by atoms with van der Waals surface area (Å²) in [4.78, 5) is 12.5. The number of rotatable bonds is 6. The van der Waals surface area contributed by atoms with Gasteiger partial charge in [0.1, 0.15) is 5.75 Å². The molecule has 0 saturated heterocycles. The third-order valence-corrected chi connectivity index (χ3v) is 4.22. The van der Waals surface area contributed by atoms with Gasteiger partial charge in [0.2, 0.25) is 0 Å². The van der Waals surface area contributed by atoms with Crippen molar-refractivity contribution in [1.82, 2.24) is 0 Å². The Morgan fingerprint density at radius 1 is 0.955 bits per heavy atom. The van der Waals surface area contributed by atoms with Gasteiger partial charge in [-0.2, -0.15) is 0 Å². The molecule has 2 aromatic carbocycles. The minimum absolute atomic E-state index is 0.00472. The van der Waals surface area contributed by atoms with E-state index in [-0.39, 0.29) is 12.2 Å². The Hall–Kier alpha value is -2.01. The number of carbonyl (C=O) groups is 1. The van der Waals surface area contributed by atoms with Gasteiger partial charge in [0.25, 0.3) is 0 Å². The maximum Gasteiger partial charge on any atom is 0.167 e. The van der Waals surface area contributed by atoms with E-state index < -0.39 is 0 Å². The molecule has 0 N–H and O–H groups in total. The number of ketones is 1. The summed E-state index contributed by atoms with van der Waals surface area (Å²) in [5.74, 6) is 1.84. The molecule has 0 aromatic heterocycles. The molecule has 0 fully saturated rings. The van der Waals surface area contributed by atoms with Crippen molar-refractivity contribution >= 4 is 21.7 Å². The SMILES string of the molecule is COc1ccc(C(=O)Cc2cccc(OC)c2Br)cc1OC. The first-order valence-corrected chi connectivity index (χ1v) is 7.46. The van der Waals surface area contributed by atoms with E-state index in [1.54, 1.807) is 39.5 Å². The van der Waals surface area contributed by atoms with Crippen molar-refractivity contribution in [3.63, 3.8) is 0 Å². The predicted octanol–water partition coefficient (Wildman–Crippen LogP) is 3.90. The second kappa shape index (κ2) is 7.31. The lowest BCUT2D eigenvalue weighted by molar-refractivity contribution is 0.0992. The van der Waals surface area contributed by atoms with Crippen molar-refractivity contribution in [3.8, 4) is 17.2 Å². The van der Waals surface area contributed by atoms with E-state index >= 15 is 0 Å². The molecule has 0 aliphatic heterocycles. The quantitative estimate of drug-likeness (QED) is 0.729. The molecule has 0 bridgehead atoms. The molecule has 0 spiro atoms. The molecule has 22 heavy (non-hydrogen) atoms. The van der Waals surface area contributed by atoms with Gasteiger partial charge in [0.15, 0.2) is 17.3 Å². The monoisotopic (exact) mass is 364 g/mol. The van der Waals surface area contributed by atoms with Gasteiger partial charge in [-0.25, -0.2) is 0 Å². The molecular weight excluding hydrogens is 348 g/mol. The molecule has 0 aliphatic carbocycles. The van der Waals surface area contributed by atoms with E-state index in [9.17, 15) is 4.79 Å². The highest BCUT2D eigenvalue weighted by Gasteiger charge is 2.14. The van der Waals surface area contributed by atoms with Crippen LogP contribution in [-0.2, 0) is 6.42 Å². The summed E-state index contributed by atoms with van der Waals surface area (Å²) in [5.41, 5.74) is 1.45. The van der Waals surface area contributed by atoms with Crippen molar-refractivity contribution < 1.29 is 19.0 Å². The number of benzene rings is 2. The molecular formula is C17H17BrO4. The minimum Gasteiger partial charge on any atom is -0.496 e. The number of hydrogen-bond donors (Lipinski definition) is 0. The Morgan fingerprint density at radius 3 is 2.27 bits per heavy atom. The number of halogens is 1. The zero-order chi connectivity index (χ0) is 16.1. The highest BCUT2D eigenvalue weighted by molar-refractivity contribution is 9.10. The van der Waals surface area contributed by atoms with Crippen molar-refractivity contribution in [2.24, 2.45) is 0 Å². The standard InChI is InChI=1S/C17H17BrO4/c1-20-14-8-7-11(10-16(14)22-3)13(19)9-12-5-4-6-15(21-2)17(12)18/h4-8,10H,9H2,1-3H3. The van der Waals surface area contributed by atoms with Gasteiger partial charge in [-0.3, -0.25) is 4.79 Å². The third-order valence-electron chi connectivity index (χ3n) is 3.32. The summed E-state index contributed by atoms with van der Waals surface area (Å²) in [5, 5.41) is 0. The first-order chi connectivity index (χ1) is 10.6. The summed E-state index contributed by atoms with van der Waals surface area (Å²) in [6, 6.07) is 10.8. The average molecular weight is 365 g/mol. The Labute approximate surface area is 138 Å².